The third kappa shape index (κ3) is 3.18. The van der Waals surface area contributed by atoms with Gasteiger partial charge in [0.1, 0.15) is 0 Å². The summed E-state index contributed by atoms with van der Waals surface area (Å²) in [5.41, 5.74) is 2.76. The zero-order chi connectivity index (χ0) is 12.1. The van der Waals surface area contributed by atoms with E-state index in [1.54, 1.807) is 0 Å². The minimum absolute atomic E-state index is 0.957. The van der Waals surface area contributed by atoms with E-state index < -0.39 is 0 Å². The molecule has 1 aromatic heterocycles. The van der Waals surface area contributed by atoms with E-state index in [2.05, 4.69) is 48.6 Å². The molecule has 0 bridgehead atoms. The maximum Gasteiger partial charge on any atom is 0.0346 e. The van der Waals surface area contributed by atoms with Gasteiger partial charge in [0.05, 0.1) is 0 Å². The average Bonchev–Trinajstić information content (AvgIpc) is 2.80. The van der Waals surface area contributed by atoms with Crippen molar-refractivity contribution in [3.8, 4) is 10.4 Å². The zero-order valence-corrected chi connectivity index (χ0v) is 11.3. The monoisotopic (exact) mass is 245 g/mol. The number of thiophene rings is 1. The molecule has 0 aliphatic carbocycles. The molecule has 0 saturated carbocycles. The highest BCUT2D eigenvalue weighted by molar-refractivity contribution is 7.15. The molecule has 0 atom stereocenters. The quantitative estimate of drug-likeness (QED) is 0.836. The fourth-order valence-electron chi connectivity index (χ4n) is 1.93. The zero-order valence-electron chi connectivity index (χ0n) is 10.5. The van der Waals surface area contributed by atoms with E-state index in [1.807, 2.05) is 18.4 Å². The van der Waals surface area contributed by atoms with Crippen molar-refractivity contribution in [3.63, 3.8) is 0 Å². The lowest BCUT2D eigenvalue weighted by atomic mass is 10.1. The van der Waals surface area contributed by atoms with Crippen molar-refractivity contribution in [2.45, 2.75) is 26.3 Å². The van der Waals surface area contributed by atoms with Crippen molar-refractivity contribution >= 4 is 11.3 Å². The Morgan fingerprint density at radius 2 is 1.82 bits per heavy atom. The number of benzene rings is 1. The minimum atomic E-state index is 0.957. The van der Waals surface area contributed by atoms with Crippen LogP contribution in [-0.2, 0) is 13.0 Å². The van der Waals surface area contributed by atoms with Crippen LogP contribution in [0.15, 0.2) is 36.4 Å². The third-order valence-corrected chi connectivity index (χ3v) is 3.92. The Balaban J connectivity index is 2.15. The molecule has 17 heavy (non-hydrogen) atoms. The summed E-state index contributed by atoms with van der Waals surface area (Å²) in [6, 6.07) is 13.4. The first kappa shape index (κ1) is 12.3. The van der Waals surface area contributed by atoms with E-state index >= 15 is 0 Å². The van der Waals surface area contributed by atoms with Gasteiger partial charge in [0, 0.05) is 16.3 Å². The van der Waals surface area contributed by atoms with Crippen LogP contribution in [0.5, 0.6) is 0 Å². The number of hydrogen-bond acceptors (Lipinski definition) is 2. The number of aryl methyl sites for hydroxylation is 1. The predicted molar refractivity (Wildman–Crippen MR) is 76.5 cm³/mol. The van der Waals surface area contributed by atoms with Crippen LogP contribution in [-0.4, -0.2) is 7.05 Å². The van der Waals surface area contributed by atoms with Gasteiger partial charge in [-0.05, 0) is 36.7 Å². The Kier molecular flexibility index (Phi) is 4.35. The first-order valence-corrected chi connectivity index (χ1v) is 6.97. The summed E-state index contributed by atoms with van der Waals surface area (Å²) in [6.45, 7) is 3.18. The lowest BCUT2D eigenvalue weighted by Gasteiger charge is -2.01. The fraction of sp³-hybridized carbons (Fsp3) is 0.333. The summed E-state index contributed by atoms with van der Waals surface area (Å²) in [5, 5.41) is 3.19. The Bertz CT molecular complexity index is 456. The average molecular weight is 245 g/mol. The maximum absolute atomic E-state index is 3.19. The Labute approximate surface area is 108 Å². The number of nitrogens with one attached hydrogen (secondary N) is 1. The highest BCUT2D eigenvalue weighted by Gasteiger charge is 2.02. The van der Waals surface area contributed by atoms with Gasteiger partial charge in [-0.15, -0.1) is 11.3 Å². The highest BCUT2D eigenvalue weighted by Crippen LogP contribution is 2.28. The van der Waals surface area contributed by atoms with Crippen LogP contribution in [0.4, 0.5) is 0 Å². The van der Waals surface area contributed by atoms with Crippen molar-refractivity contribution in [2.24, 2.45) is 0 Å². The molecule has 0 aliphatic heterocycles. The van der Waals surface area contributed by atoms with Crippen LogP contribution in [0.2, 0.25) is 0 Å². The van der Waals surface area contributed by atoms with Crippen LogP contribution < -0.4 is 5.32 Å². The van der Waals surface area contributed by atoms with Gasteiger partial charge in [-0.1, -0.05) is 37.6 Å². The van der Waals surface area contributed by atoms with Crippen molar-refractivity contribution in [1.82, 2.24) is 5.32 Å². The van der Waals surface area contributed by atoms with Crippen LogP contribution in [0.3, 0.4) is 0 Å². The van der Waals surface area contributed by atoms with E-state index in [4.69, 9.17) is 0 Å². The van der Waals surface area contributed by atoms with Crippen LogP contribution >= 0.6 is 11.3 Å². The summed E-state index contributed by atoms with van der Waals surface area (Å²) in [4.78, 5) is 2.75. The molecule has 0 spiro atoms. The summed E-state index contributed by atoms with van der Waals surface area (Å²) in [7, 11) is 1.99. The van der Waals surface area contributed by atoms with Crippen LogP contribution in [0.25, 0.3) is 10.4 Å². The molecule has 0 saturated heterocycles. The summed E-state index contributed by atoms with van der Waals surface area (Å²) >= 11 is 1.87. The fourth-order valence-corrected chi connectivity index (χ4v) is 2.95. The number of hydrogen-bond donors (Lipinski definition) is 1. The van der Waals surface area contributed by atoms with E-state index in [1.165, 1.54) is 33.7 Å². The van der Waals surface area contributed by atoms with Crippen molar-refractivity contribution < 1.29 is 0 Å². The molecule has 0 amide bonds. The lowest BCUT2D eigenvalue weighted by molar-refractivity contribution is 0.831. The largest absolute Gasteiger partial charge is 0.315 e. The smallest absolute Gasteiger partial charge is 0.0346 e. The van der Waals surface area contributed by atoms with Gasteiger partial charge in [-0.2, -0.15) is 0 Å². The van der Waals surface area contributed by atoms with Crippen molar-refractivity contribution in [3.05, 3.63) is 46.8 Å². The molecule has 1 heterocycles. The van der Waals surface area contributed by atoms with Gasteiger partial charge in [-0.25, -0.2) is 0 Å². The Hall–Kier alpha value is -1.12. The van der Waals surface area contributed by atoms with E-state index in [-0.39, 0.29) is 0 Å². The summed E-state index contributed by atoms with van der Waals surface area (Å²) in [5.74, 6) is 0. The van der Waals surface area contributed by atoms with Crippen LogP contribution in [0.1, 0.15) is 23.8 Å². The highest BCUT2D eigenvalue weighted by atomic mass is 32.1. The first-order chi connectivity index (χ1) is 8.33. The molecule has 2 rings (SSSR count). The molecule has 2 heteroatoms. The summed E-state index contributed by atoms with van der Waals surface area (Å²) < 4.78 is 0. The Morgan fingerprint density at radius 1 is 1.06 bits per heavy atom. The second kappa shape index (κ2) is 5.99. The van der Waals surface area contributed by atoms with E-state index in [0.29, 0.717) is 0 Å². The van der Waals surface area contributed by atoms with Gasteiger partial charge in [0.25, 0.3) is 0 Å². The second-order valence-electron chi connectivity index (χ2n) is 4.24. The molecule has 0 aliphatic rings. The molecule has 90 valence electrons. The number of rotatable bonds is 5. The molecule has 0 unspecified atom stereocenters. The molecule has 0 fully saturated rings. The van der Waals surface area contributed by atoms with E-state index in [9.17, 15) is 0 Å². The standard InChI is InChI=1S/C15H19NS/c1-3-4-12-5-7-13(8-6-12)15-10-9-14(17-15)11-16-2/h5-10,16H,3-4,11H2,1-2H3. The van der Waals surface area contributed by atoms with Gasteiger partial charge in [-0.3, -0.25) is 0 Å². The molecule has 1 aromatic carbocycles. The first-order valence-electron chi connectivity index (χ1n) is 6.16. The third-order valence-electron chi connectivity index (χ3n) is 2.79. The van der Waals surface area contributed by atoms with Crippen molar-refractivity contribution in [1.29, 1.82) is 0 Å². The van der Waals surface area contributed by atoms with Gasteiger partial charge in [0.15, 0.2) is 0 Å². The maximum atomic E-state index is 3.19. The van der Waals surface area contributed by atoms with Crippen molar-refractivity contribution in [2.75, 3.05) is 7.05 Å². The van der Waals surface area contributed by atoms with E-state index in [0.717, 1.165) is 6.54 Å². The predicted octanol–water partition coefficient (Wildman–Crippen LogP) is 4.09. The van der Waals surface area contributed by atoms with Gasteiger partial charge in [0.2, 0.25) is 0 Å². The van der Waals surface area contributed by atoms with Crippen LogP contribution in [0, 0.1) is 0 Å². The molecular weight excluding hydrogens is 226 g/mol. The SMILES string of the molecule is CCCc1ccc(-c2ccc(CNC)s2)cc1. The summed E-state index contributed by atoms with van der Waals surface area (Å²) in [6.07, 6.45) is 2.39. The molecule has 1 N–H and O–H groups in total. The molecule has 0 radical (unpaired) electrons. The Morgan fingerprint density at radius 3 is 2.47 bits per heavy atom. The molecule has 2 aromatic rings. The lowest BCUT2D eigenvalue weighted by Crippen LogP contribution is -2.02. The minimum Gasteiger partial charge on any atom is -0.315 e. The second-order valence-corrected chi connectivity index (χ2v) is 5.41. The molecule has 1 nitrogen and oxygen atoms in total. The van der Waals surface area contributed by atoms with Gasteiger partial charge < -0.3 is 5.32 Å². The van der Waals surface area contributed by atoms with Gasteiger partial charge >= 0.3 is 0 Å². The normalized spacial score (nSPS) is 10.7. The topological polar surface area (TPSA) is 12.0 Å². The molecular formula is C15H19NS.